The molecule has 2 aliphatic rings. The predicted molar refractivity (Wildman–Crippen MR) is 165 cm³/mol. The molecule has 208 valence electrons. The second-order valence-corrected chi connectivity index (χ2v) is 9.78. The Kier molecular flexibility index (Phi) is 10.7. The van der Waals surface area contributed by atoms with Crippen LogP contribution in [0.3, 0.4) is 0 Å². The molecule has 6 nitrogen and oxygen atoms in total. The quantitative estimate of drug-likeness (QED) is 0.144. The molecule has 0 fully saturated rings. The van der Waals surface area contributed by atoms with E-state index in [2.05, 4.69) is 54.6 Å². The zero-order chi connectivity index (χ0) is 27.1. The Labute approximate surface area is 233 Å². The molecule has 1 aliphatic heterocycles. The first-order valence-corrected chi connectivity index (χ1v) is 13.8. The van der Waals surface area contributed by atoms with E-state index in [1.54, 1.807) is 0 Å². The van der Waals surface area contributed by atoms with Gasteiger partial charge in [-0.2, -0.15) is 0 Å². The van der Waals surface area contributed by atoms with Gasteiger partial charge in [-0.1, -0.05) is 38.5 Å². The van der Waals surface area contributed by atoms with Crippen molar-refractivity contribution in [1.29, 1.82) is 0 Å². The molecule has 1 aliphatic carbocycles. The molecule has 0 bridgehead atoms. The number of hydrogen-bond donors (Lipinski definition) is 3. The molecule has 1 amide bonds. The van der Waals surface area contributed by atoms with E-state index in [1.807, 2.05) is 37.3 Å². The van der Waals surface area contributed by atoms with Gasteiger partial charge in [-0.15, -0.1) is 0 Å². The Morgan fingerprint density at radius 2 is 1.72 bits per heavy atom. The van der Waals surface area contributed by atoms with Gasteiger partial charge in [0.25, 0.3) is 5.91 Å². The number of nitrogens with two attached hydrogens (primary N) is 1. The zero-order valence-corrected chi connectivity index (χ0v) is 23.1. The van der Waals surface area contributed by atoms with Crippen molar-refractivity contribution in [3.8, 4) is 22.5 Å². The molecule has 4 N–H and O–H groups in total. The number of anilines is 1. The maximum absolute atomic E-state index is 13.4. The van der Waals surface area contributed by atoms with Crippen molar-refractivity contribution in [2.75, 3.05) is 31.5 Å². The molecule has 0 radical (unpaired) electrons. The summed E-state index contributed by atoms with van der Waals surface area (Å²) in [5, 5.41) is 8.48. The van der Waals surface area contributed by atoms with Gasteiger partial charge in [0.1, 0.15) is 11.3 Å². The molecule has 2 aromatic carbocycles. The lowest BCUT2D eigenvalue weighted by molar-refractivity contribution is 0.0953. The van der Waals surface area contributed by atoms with E-state index < -0.39 is 0 Å². The van der Waals surface area contributed by atoms with Crippen molar-refractivity contribution in [1.82, 2.24) is 5.32 Å². The largest absolute Gasteiger partial charge is 0.456 e. The van der Waals surface area contributed by atoms with Crippen molar-refractivity contribution in [2.24, 2.45) is 10.7 Å². The third-order valence-electron chi connectivity index (χ3n) is 6.94. The minimum Gasteiger partial charge on any atom is -0.456 e. The number of hydrogen-bond acceptors (Lipinski definition) is 5. The van der Waals surface area contributed by atoms with Crippen LogP contribution in [-0.4, -0.2) is 32.1 Å². The van der Waals surface area contributed by atoms with Gasteiger partial charge < -0.3 is 20.8 Å². The SMILES string of the molecule is C.CCN=c1cc2oc3cc(NCC)c(C)cc3c(-c3ccccc3C(=O)NCCCCCCN)c-2cc1C. The highest BCUT2D eigenvalue weighted by molar-refractivity contribution is 6.09. The zero-order valence-electron chi connectivity index (χ0n) is 23.1. The van der Waals surface area contributed by atoms with Gasteiger partial charge in [0.05, 0.1) is 5.36 Å². The Balaban J connectivity index is 0.00000420. The smallest absolute Gasteiger partial charge is 0.251 e. The van der Waals surface area contributed by atoms with Crippen LogP contribution in [0.4, 0.5) is 5.69 Å². The topological polar surface area (TPSA) is 92.6 Å². The standard InChI is InChI=1S/C32H40N4O2.CH4/c1-5-34-27-19-29-25(17-21(27)3)31(26-18-22(4)28(35-6-2)20-30(26)38-29)23-13-9-10-14-24(23)32(37)36-16-12-8-7-11-15-33;/h9-10,13-14,17-20,34H,5-8,11-12,15-16,33H2,1-4H3,(H,36,37);1H4. The van der Waals surface area contributed by atoms with Gasteiger partial charge in [0.15, 0.2) is 0 Å². The number of amides is 1. The number of unbranched alkanes of at least 4 members (excludes halogenated alkanes) is 3. The maximum atomic E-state index is 13.4. The fourth-order valence-electron chi connectivity index (χ4n) is 5.02. The highest BCUT2D eigenvalue weighted by atomic mass is 16.3. The molecule has 2 aromatic rings. The Bertz CT molecular complexity index is 1450. The molecule has 0 atom stereocenters. The number of nitrogens with one attached hydrogen (secondary N) is 2. The van der Waals surface area contributed by atoms with Crippen molar-refractivity contribution < 1.29 is 9.21 Å². The molecule has 4 rings (SSSR count). The van der Waals surface area contributed by atoms with Crippen LogP contribution in [0.2, 0.25) is 0 Å². The Hall–Kier alpha value is -3.64. The molecule has 1 heterocycles. The predicted octanol–water partition coefficient (Wildman–Crippen LogP) is 7.06. The molecular formula is C33H44N4O2. The number of fused-ring (bicyclic) bond motifs is 2. The molecule has 0 spiro atoms. The fraction of sp³-hybridized carbons (Fsp3) is 0.394. The van der Waals surface area contributed by atoms with Crippen LogP contribution in [0.5, 0.6) is 0 Å². The lowest BCUT2D eigenvalue weighted by Gasteiger charge is -2.20. The summed E-state index contributed by atoms with van der Waals surface area (Å²) in [6.45, 7) is 11.2. The molecule has 0 saturated carbocycles. The normalized spacial score (nSPS) is 11.6. The summed E-state index contributed by atoms with van der Waals surface area (Å²) in [5.41, 5.74) is 13.2. The minimum absolute atomic E-state index is 0. The van der Waals surface area contributed by atoms with Crippen LogP contribution in [0, 0.1) is 13.8 Å². The lowest BCUT2D eigenvalue weighted by Crippen LogP contribution is -2.25. The van der Waals surface area contributed by atoms with Crippen LogP contribution in [0.15, 0.2) is 57.9 Å². The van der Waals surface area contributed by atoms with E-state index in [1.165, 1.54) is 0 Å². The summed E-state index contributed by atoms with van der Waals surface area (Å²) in [6, 6.07) is 16.3. The third kappa shape index (κ3) is 6.69. The summed E-state index contributed by atoms with van der Waals surface area (Å²) in [7, 11) is 0. The molecule has 0 aromatic heterocycles. The highest BCUT2D eigenvalue weighted by Crippen LogP contribution is 2.42. The number of benzene rings is 3. The van der Waals surface area contributed by atoms with Crippen LogP contribution in [-0.2, 0) is 0 Å². The first kappa shape index (κ1) is 29.9. The second-order valence-electron chi connectivity index (χ2n) is 9.78. The van der Waals surface area contributed by atoms with Gasteiger partial charge in [-0.05, 0) is 82.0 Å². The van der Waals surface area contributed by atoms with E-state index in [9.17, 15) is 4.79 Å². The highest BCUT2D eigenvalue weighted by Gasteiger charge is 2.22. The van der Waals surface area contributed by atoms with Crippen LogP contribution in [0.25, 0.3) is 33.4 Å². The van der Waals surface area contributed by atoms with E-state index in [-0.39, 0.29) is 13.3 Å². The maximum Gasteiger partial charge on any atom is 0.251 e. The van der Waals surface area contributed by atoms with Crippen LogP contribution in [0.1, 0.15) is 68.4 Å². The summed E-state index contributed by atoms with van der Waals surface area (Å²) in [5.74, 6) is 0.698. The van der Waals surface area contributed by atoms with Gasteiger partial charge in [0.2, 0.25) is 0 Å². The Morgan fingerprint density at radius 1 is 0.949 bits per heavy atom. The van der Waals surface area contributed by atoms with E-state index >= 15 is 0 Å². The third-order valence-corrected chi connectivity index (χ3v) is 6.94. The summed E-state index contributed by atoms with van der Waals surface area (Å²) < 4.78 is 6.49. The first-order valence-electron chi connectivity index (χ1n) is 13.8. The summed E-state index contributed by atoms with van der Waals surface area (Å²) in [4.78, 5) is 18.1. The van der Waals surface area contributed by atoms with Crippen molar-refractivity contribution in [3.05, 3.63) is 70.6 Å². The number of nitrogens with zero attached hydrogens (tertiary/aromatic N) is 1. The van der Waals surface area contributed by atoms with Crippen molar-refractivity contribution in [3.63, 3.8) is 0 Å². The molecular weight excluding hydrogens is 484 g/mol. The number of aryl methyl sites for hydroxylation is 2. The fourth-order valence-corrected chi connectivity index (χ4v) is 5.02. The number of carbonyl (C=O) groups excluding carboxylic acids is 1. The van der Waals surface area contributed by atoms with Crippen LogP contribution >= 0.6 is 0 Å². The molecule has 39 heavy (non-hydrogen) atoms. The lowest BCUT2D eigenvalue weighted by atomic mass is 9.89. The van der Waals surface area contributed by atoms with Crippen LogP contribution < -0.4 is 21.7 Å². The summed E-state index contributed by atoms with van der Waals surface area (Å²) in [6.07, 6.45) is 4.12. The molecule has 0 saturated heterocycles. The second kappa shape index (κ2) is 13.9. The van der Waals surface area contributed by atoms with Gasteiger partial charge in [-0.25, -0.2) is 0 Å². The molecule has 6 heteroatoms. The average Bonchev–Trinajstić information content (AvgIpc) is 2.91. The van der Waals surface area contributed by atoms with E-state index in [0.717, 1.165) is 87.8 Å². The molecule has 0 unspecified atom stereocenters. The number of rotatable bonds is 11. The summed E-state index contributed by atoms with van der Waals surface area (Å²) >= 11 is 0. The monoisotopic (exact) mass is 528 g/mol. The minimum atomic E-state index is -0.0585. The van der Waals surface area contributed by atoms with Gasteiger partial charge in [-0.3, -0.25) is 9.79 Å². The van der Waals surface area contributed by atoms with Crippen molar-refractivity contribution in [2.45, 2.75) is 60.8 Å². The average molecular weight is 529 g/mol. The Morgan fingerprint density at radius 3 is 2.46 bits per heavy atom. The first-order chi connectivity index (χ1) is 18.5. The number of carbonyl (C=O) groups is 1. The van der Waals surface area contributed by atoms with E-state index in [0.29, 0.717) is 25.2 Å². The van der Waals surface area contributed by atoms with Crippen molar-refractivity contribution >= 4 is 22.6 Å². The van der Waals surface area contributed by atoms with Gasteiger partial charge >= 0.3 is 0 Å². The van der Waals surface area contributed by atoms with Gasteiger partial charge in [0, 0.05) is 59.5 Å². The van der Waals surface area contributed by atoms with E-state index in [4.69, 9.17) is 10.2 Å².